The van der Waals surface area contributed by atoms with Crippen LogP contribution in [0, 0.1) is 0 Å². The molecule has 0 unspecified atom stereocenters. The van der Waals surface area contributed by atoms with E-state index < -0.39 is 0 Å². The van der Waals surface area contributed by atoms with Crippen LogP contribution in [0.1, 0.15) is 90.4 Å². The zero-order valence-corrected chi connectivity index (χ0v) is 26.3. The third kappa shape index (κ3) is 14.0. The first-order valence-corrected chi connectivity index (χ1v) is 16.2. The molecule has 0 radical (unpaired) electrons. The summed E-state index contributed by atoms with van der Waals surface area (Å²) in [6, 6.07) is 20.0. The van der Waals surface area contributed by atoms with E-state index in [-0.39, 0.29) is 0 Å². The van der Waals surface area contributed by atoms with E-state index in [1.807, 2.05) is 48.5 Å². The Morgan fingerprint density at radius 1 is 0.548 bits per heavy atom. The van der Waals surface area contributed by atoms with Crippen molar-refractivity contribution in [3.05, 3.63) is 73.1 Å². The fraction of sp³-hybridized carbons (Fsp3) is 0.528. The Labute approximate surface area is 254 Å². The third-order valence-corrected chi connectivity index (χ3v) is 7.44. The largest absolute Gasteiger partial charge is 0.494 e. The van der Waals surface area contributed by atoms with E-state index >= 15 is 0 Å². The second-order valence-electron chi connectivity index (χ2n) is 11.3. The van der Waals surface area contributed by atoms with Gasteiger partial charge in [0.05, 0.1) is 24.6 Å². The molecule has 0 fully saturated rings. The van der Waals surface area contributed by atoms with Crippen molar-refractivity contribution in [1.29, 1.82) is 0 Å². The number of azo groups is 1. The van der Waals surface area contributed by atoms with Gasteiger partial charge in [0.1, 0.15) is 18.0 Å². The second kappa shape index (κ2) is 20.5. The summed E-state index contributed by atoms with van der Waals surface area (Å²) in [5.41, 5.74) is 2.88. The highest BCUT2D eigenvalue weighted by Gasteiger charge is 2.02. The van der Waals surface area contributed by atoms with Gasteiger partial charge in [-0.05, 0) is 67.8 Å². The van der Waals surface area contributed by atoms with Crippen LogP contribution in [-0.2, 0) is 6.54 Å². The average Bonchev–Trinajstić information content (AvgIpc) is 3.02. The minimum atomic E-state index is 0.758. The molecule has 1 aromatic heterocycles. The molecule has 0 spiro atoms. The number of nitrogens with zero attached hydrogens (tertiary/aromatic N) is 4. The van der Waals surface area contributed by atoms with Gasteiger partial charge in [-0.2, -0.15) is 10.2 Å². The van der Waals surface area contributed by atoms with Crippen molar-refractivity contribution in [3.63, 3.8) is 0 Å². The number of anilines is 1. The maximum absolute atomic E-state index is 5.93. The summed E-state index contributed by atoms with van der Waals surface area (Å²) in [5.74, 6) is 1.78. The van der Waals surface area contributed by atoms with E-state index in [1.165, 1.54) is 76.3 Å². The lowest BCUT2D eigenvalue weighted by atomic mass is 10.1. The molecule has 0 aliphatic rings. The van der Waals surface area contributed by atoms with E-state index in [0.717, 1.165) is 55.5 Å². The van der Waals surface area contributed by atoms with Crippen molar-refractivity contribution in [2.24, 2.45) is 10.2 Å². The Hall–Kier alpha value is -3.41. The molecule has 0 bridgehead atoms. The highest BCUT2D eigenvalue weighted by atomic mass is 16.5. The van der Waals surface area contributed by atoms with Crippen LogP contribution in [0.3, 0.4) is 0 Å². The first-order chi connectivity index (χ1) is 20.6. The van der Waals surface area contributed by atoms with E-state index in [0.29, 0.717) is 0 Å². The lowest BCUT2D eigenvalue weighted by molar-refractivity contribution is -0.697. The molecule has 6 heteroatoms. The van der Waals surface area contributed by atoms with Gasteiger partial charge in [-0.25, -0.2) is 4.57 Å². The summed E-state index contributed by atoms with van der Waals surface area (Å²) in [6.07, 6.45) is 20.7. The molecule has 0 aliphatic heterocycles. The lowest BCUT2D eigenvalue weighted by Crippen LogP contribution is -2.32. The molecule has 42 heavy (non-hydrogen) atoms. The van der Waals surface area contributed by atoms with Crippen molar-refractivity contribution in [2.75, 3.05) is 32.2 Å². The van der Waals surface area contributed by atoms with Gasteiger partial charge in [-0.3, -0.25) is 0 Å². The van der Waals surface area contributed by atoms with Gasteiger partial charge in [-0.1, -0.05) is 64.7 Å². The number of hydrogen-bond donors (Lipinski definition) is 0. The van der Waals surface area contributed by atoms with Crippen LogP contribution in [0.5, 0.6) is 11.5 Å². The van der Waals surface area contributed by atoms with Crippen LogP contribution in [0.15, 0.2) is 83.3 Å². The third-order valence-electron chi connectivity index (χ3n) is 7.44. The fourth-order valence-corrected chi connectivity index (χ4v) is 4.77. The van der Waals surface area contributed by atoms with Gasteiger partial charge in [0.2, 0.25) is 0 Å². The number of rotatable bonds is 22. The van der Waals surface area contributed by atoms with Crippen LogP contribution >= 0.6 is 0 Å². The van der Waals surface area contributed by atoms with Gasteiger partial charge >= 0.3 is 0 Å². The Kier molecular flexibility index (Phi) is 16.1. The molecule has 6 nitrogen and oxygen atoms in total. The molecule has 1 heterocycles. The summed E-state index contributed by atoms with van der Waals surface area (Å²) in [5, 5.41) is 8.72. The summed E-state index contributed by atoms with van der Waals surface area (Å²) in [6.45, 7) is 4.88. The maximum atomic E-state index is 5.93. The molecule has 0 N–H and O–H groups in total. The normalized spacial score (nSPS) is 11.2. The van der Waals surface area contributed by atoms with Gasteiger partial charge < -0.3 is 14.4 Å². The topological polar surface area (TPSA) is 50.3 Å². The van der Waals surface area contributed by atoms with Crippen LogP contribution < -0.4 is 18.9 Å². The van der Waals surface area contributed by atoms with Gasteiger partial charge in [0.15, 0.2) is 12.4 Å². The monoisotopic (exact) mass is 573 g/mol. The zero-order valence-electron chi connectivity index (χ0n) is 26.3. The standard InChI is InChI=1S/C36H53N4O2/c1-4-5-6-7-12-15-30-41-35-21-17-32(18-22-35)37-38-33-19-23-36(24-20-33)42-31-16-13-10-8-9-11-14-27-40-28-25-34(26-29-40)39(2)3/h17-26,28-29H,4-16,27,30-31H2,1-3H3/q+1. The van der Waals surface area contributed by atoms with E-state index in [4.69, 9.17) is 9.47 Å². The van der Waals surface area contributed by atoms with Crippen LogP contribution in [0.2, 0.25) is 0 Å². The number of unbranched alkanes of at least 4 members (excludes halogenated alkanes) is 11. The SMILES string of the molecule is CCCCCCCCOc1ccc(N=Nc2ccc(OCCCCCCCCC[n+]3ccc(N(C)C)cc3)cc2)cc1. The van der Waals surface area contributed by atoms with Gasteiger partial charge in [0.25, 0.3) is 0 Å². The first-order valence-electron chi connectivity index (χ1n) is 16.2. The van der Waals surface area contributed by atoms with E-state index in [2.05, 4.69) is 65.2 Å². The van der Waals surface area contributed by atoms with Crippen molar-refractivity contribution in [2.45, 2.75) is 96.9 Å². The average molecular weight is 574 g/mol. The molecule has 0 saturated carbocycles. The number of aromatic nitrogens is 1. The second-order valence-corrected chi connectivity index (χ2v) is 11.3. The minimum Gasteiger partial charge on any atom is -0.494 e. The first kappa shape index (κ1) is 33.1. The number of hydrogen-bond acceptors (Lipinski definition) is 5. The number of pyridine rings is 1. The lowest BCUT2D eigenvalue weighted by Gasteiger charge is -2.10. The summed E-state index contributed by atoms with van der Waals surface area (Å²) < 4.78 is 14.1. The molecular weight excluding hydrogens is 520 g/mol. The predicted octanol–water partition coefficient (Wildman–Crippen LogP) is 10.0. The predicted molar refractivity (Wildman–Crippen MR) is 175 cm³/mol. The van der Waals surface area contributed by atoms with Gasteiger partial charge in [-0.15, -0.1) is 0 Å². The van der Waals surface area contributed by atoms with Crippen molar-refractivity contribution in [3.8, 4) is 11.5 Å². The number of benzene rings is 2. The zero-order chi connectivity index (χ0) is 29.7. The minimum absolute atomic E-state index is 0.758. The molecule has 3 rings (SSSR count). The number of aryl methyl sites for hydroxylation is 1. The van der Waals surface area contributed by atoms with E-state index in [1.54, 1.807) is 0 Å². The van der Waals surface area contributed by atoms with Gasteiger partial charge in [0, 0.05) is 38.3 Å². The van der Waals surface area contributed by atoms with Crippen molar-refractivity contribution < 1.29 is 14.0 Å². The molecular formula is C36H53N4O2+. The molecule has 0 saturated heterocycles. The highest BCUT2D eigenvalue weighted by molar-refractivity contribution is 5.44. The smallest absolute Gasteiger partial charge is 0.170 e. The molecule has 0 amide bonds. The fourth-order valence-electron chi connectivity index (χ4n) is 4.77. The summed E-state index contributed by atoms with van der Waals surface area (Å²) in [7, 11) is 4.15. The molecule has 228 valence electrons. The summed E-state index contributed by atoms with van der Waals surface area (Å²) >= 11 is 0. The Bertz CT molecular complexity index is 1110. The van der Waals surface area contributed by atoms with Crippen LogP contribution in [0.25, 0.3) is 0 Å². The molecule has 2 aromatic carbocycles. The maximum Gasteiger partial charge on any atom is 0.170 e. The van der Waals surface area contributed by atoms with Crippen molar-refractivity contribution >= 4 is 17.1 Å². The van der Waals surface area contributed by atoms with Crippen LogP contribution in [-0.4, -0.2) is 27.3 Å². The van der Waals surface area contributed by atoms with Crippen LogP contribution in [0.4, 0.5) is 17.1 Å². The quantitative estimate of drug-likeness (QED) is 0.0682. The molecule has 0 atom stereocenters. The van der Waals surface area contributed by atoms with E-state index in [9.17, 15) is 0 Å². The molecule has 0 aliphatic carbocycles. The van der Waals surface area contributed by atoms with Crippen molar-refractivity contribution in [1.82, 2.24) is 0 Å². The summed E-state index contributed by atoms with van der Waals surface area (Å²) in [4.78, 5) is 2.13. The highest BCUT2D eigenvalue weighted by Crippen LogP contribution is 2.23. The Balaban J connectivity index is 1.19. The number of ether oxygens (including phenoxy) is 2. The Morgan fingerprint density at radius 2 is 0.976 bits per heavy atom. The molecule has 3 aromatic rings. The Morgan fingerprint density at radius 3 is 1.43 bits per heavy atom.